The molecule has 0 atom stereocenters. The van der Waals surface area contributed by atoms with Crippen LogP contribution in [-0.4, -0.2) is 39.1 Å². The lowest BCUT2D eigenvalue weighted by molar-refractivity contribution is -0.119. The number of amides is 1. The number of benzene rings is 2. The van der Waals surface area contributed by atoms with Crippen LogP contribution in [0.15, 0.2) is 47.4 Å². The number of sulfonamides is 1. The van der Waals surface area contributed by atoms with Crippen LogP contribution in [0.3, 0.4) is 0 Å². The first-order valence-electron chi connectivity index (χ1n) is 7.54. The third-order valence-electron chi connectivity index (χ3n) is 3.49. The van der Waals surface area contributed by atoms with Gasteiger partial charge in [0.25, 0.3) is 5.91 Å². The van der Waals surface area contributed by atoms with Gasteiger partial charge in [0.2, 0.25) is 10.0 Å². The van der Waals surface area contributed by atoms with Gasteiger partial charge in [-0.15, -0.1) is 0 Å². The number of carbonyl (C=O) groups is 2. The number of aromatic hydroxyl groups is 1. The summed E-state index contributed by atoms with van der Waals surface area (Å²) in [5.74, 6) is -1.75. The van der Waals surface area contributed by atoms with Gasteiger partial charge < -0.3 is 15.2 Å². The van der Waals surface area contributed by atoms with E-state index in [1.54, 1.807) is 25.1 Å². The van der Waals surface area contributed by atoms with Gasteiger partial charge in [0.05, 0.1) is 4.90 Å². The molecule has 0 aliphatic rings. The fraction of sp³-hybridized carbons (Fsp3) is 0.176. The zero-order valence-corrected chi connectivity index (χ0v) is 15.0. The quantitative estimate of drug-likeness (QED) is 0.653. The van der Waals surface area contributed by atoms with E-state index in [1.807, 2.05) is 0 Å². The SMILES string of the molecule is CNS(=O)(=O)c1cc(NC(=O)COC(=O)c2ccccc2O)ccc1C. The molecule has 0 aromatic heterocycles. The maximum absolute atomic E-state index is 11.9. The van der Waals surface area contributed by atoms with E-state index >= 15 is 0 Å². The number of anilines is 1. The Labute approximate surface area is 150 Å². The highest BCUT2D eigenvalue weighted by Gasteiger charge is 2.17. The van der Waals surface area contributed by atoms with Crippen molar-refractivity contribution >= 4 is 27.6 Å². The average molecular weight is 378 g/mol. The molecule has 0 fully saturated rings. The molecule has 0 saturated heterocycles. The molecule has 0 bridgehead atoms. The van der Waals surface area contributed by atoms with E-state index in [0.717, 1.165) is 0 Å². The average Bonchev–Trinajstić information content (AvgIpc) is 2.61. The lowest BCUT2D eigenvalue weighted by Gasteiger charge is -2.11. The Morgan fingerprint density at radius 2 is 1.85 bits per heavy atom. The van der Waals surface area contributed by atoms with Crippen molar-refractivity contribution in [3.63, 3.8) is 0 Å². The minimum absolute atomic E-state index is 0.0315. The number of ether oxygens (including phenoxy) is 1. The molecule has 0 heterocycles. The Balaban J connectivity index is 2.03. The molecular weight excluding hydrogens is 360 g/mol. The molecule has 0 aliphatic heterocycles. The van der Waals surface area contributed by atoms with Crippen molar-refractivity contribution in [2.45, 2.75) is 11.8 Å². The Morgan fingerprint density at radius 3 is 2.50 bits per heavy atom. The van der Waals surface area contributed by atoms with Gasteiger partial charge in [-0.25, -0.2) is 17.9 Å². The summed E-state index contributed by atoms with van der Waals surface area (Å²) >= 11 is 0. The molecule has 2 aromatic carbocycles. The molecule has 1 amide bonds. The number of phenolic OH excluding ortho intramolecular Hbond substituents is 1. The van der Waals surface area contributed by atoms with Gasteiger partial charge >= 0.3 is 5.97 Å². The molecule has 2 rings (SSSR count). The van der Waals surface area contributed by atoms with Crippen molar-refractivity contribution in [3.8, 4) is 5.75 Å². The van der Waals surface area contributed by atoms with E-state index < -0.39 is 28.5 Å². The molecule has 3 N–H and O–H groups in total. The van der Waals surface area contributed by atoms with Crippen LogP contribution in [-0.2, 0) is 19.6 Å². The minimum atomic E-state index is -3.67. The molecule has 8 nitrogen and oxygen atoms in total. The van der Waals surface area contributed by atoms with E-state index in [-0.39, 0.29) is 21.9 Å². The van der Waals surface area contributed by atoms with Crippen LogP contribution in [0.2, 0.25) is 0 Å². The van der Waals surface area contributed by atoms with Crippen LogP contribution in [0.1, 0.15) is 15.9 Å². The molecule has 0 spiro atoms. The summed E-state index contributed by atoms with van der Waals surface area (Å²) in [5.41, 5.74) is 0.703. The van der Waals surface area contributed by atoms with Crippen molar-refractivity contribution in [2.75, 3.05) is 19.0 Å². The highest BCUT2D eigenvalue weighted by atomic mass is 32.2. The van der Waals surface area contributed by atoms with E-state index in [1.165, 1.54) is 31.3 Å². The highest BCUT2D eigenvalue weighted by molar-refractivity contribution is 7.89. The third-order valence-corrected chi connectivity index (χ3v) is 5.04. The summed E-state index contributed by atoms with van der Waals surface area (Å²) < 4.78 is 30.9. The number of rotatable bonds is 6. The fourth-order valence-electron chi connectivity index (χ4n) is 2.13. The van der Waals surface area contributed by atoms with Gasteiger partial charge in [-0.1, -0.05) is 18.2 Å². The second kappa shape index (κ2) is 7.98. The Bertz CT molecular complexity index is 940. The monoisotopic (exact) mass is 378 g/mol. The van der Waals surface area contributed by atoms with E-state index in [0.29, 0.717) is 5.56 Å². The van der Waals surface area contributed by atoms with Crippen LogP contribution < -0.4 is 10.0 Å². The highest BCUT2D eigenvalue weighted by Crippen LogP contribution is 2.20. The first-order chi connectivity index (χ1) is 12.2. The molecule has 0 radical (unpaired) electrons. The van der Waals surface area contributed by atoms with Gasteiger partial charge in [0, 0.05) is 5.69 Å². The smallest absolute Gasteiger partial charge is 0.342 e. The summed E-state index contributed by atoms with van der Waals surface area (Å²) in [6.45, 7) is 1.04. The number of nitrogens with one attached hydrogen (secondary N) is 2. The largest absolute Gasteiger partial charge is 0.507 e. The summed E-state index contributed by atoms with van der Waals surface area (Å²) in [7, 11) is -2.38. The minimum Gasteiger partial charge on any atom is -0.507 e. The number of para-hydroxylation sites is 1. The summed E-state index contributed by atoms with van der Waals surface area (Å²) in [6.07, 6.45) is 0. The molecule has 0 unspecified atom stereocenters. The second-order valence-corrected chi connectivity index (χ2v) is 7.18. The zero-order chi connectivity index (χ0) is 19.3. The summed E-state index contributed by atoms with van der Waals surface area (Å²) in [6, 6.07) is 10.2. The zero-order valence-electron chi connectivity index (χ0n) is 14.1. The van der Waals surface area contributed by atoms with Gasteiger partial charge in [-0.2, -0.15) is 0 Å². The number of hydrogen-bond donors (Lipinski definition) is 3. The van der Waals surface area contributed by atoms with E-state index in [4.69, 9.17) is 4.74 Å². The summed E-state index contributed by atoms with van der Waals surface area (Å²) in [4.78, 5) is 23.8. The number of hydrogen-bond acceptors (Lipinski definition) is 6. The first-order valence-corrected chi connectivity index (χ1v) is 9.02. The maximum Gasteiger partial charge on any atom is 0.342 e. The topological polar surface area (TPSA) is 122 Å². The van der Waals surface area contributed by atoms with Crippen molar-refractivity contribution < 1.29 is 27.9 Å². The normalized spacial score (nSPS) is 11.0. The standard InChI is InChI=1S/C17H18N2O6S/c1-11-7-8-12(9-15(11)26(23,24)18-2)19-16(21)10-25-17(22)13-5-3-4-6-14(13)20/h3-9,18,20H,10H2,1-2H3,(H,19,21). The van der Waals surface area contributed by atoms with Crippen molar-refractivity contribution in [3.05, 3.63) is 53.6 Å². The van der Waals surface area contributed by atoms with E-state index in [2.05, 4.69) is 10.0 Å². The van der Waals surface area contributed by atoms with Gasteiger partial charge in [-0.05, 0) is 43.8 Å². The molecule has 0 saturated carbocycles. The number of aryl methyl sites for hydroxylation is 1. The van der Waals surface area contributed by atoms with Gasteiger partial charge in [0.15, 0.2) is 6.61 Å². The van der Waals surface area contributed by atoms with Gasteiger partial charge in [-0.3, -0.25) is 4.79 Å². The van der Waals surface area contributed by atoms with Crippen LogP contribution >= 0.6 is 0 Å². The van der Waals surface area contributed by atoms with Crippen LogP contribution in [0.25, 0.3) is 0 Å². The van der Waals surface area contributed by atoms with Crippen molar-refractivity contribution in [1.29, 1.82) is 0 Å². The Hall–Kier alpha value is -2.91. The third kappa shape index (κ3) is 4.58. The molecule has 0 aliphatic carbocycles. The van der Waals surface area contributed by atoms with Crippen molar-refractivity contribution in [2.24, 2.45) is 0 Å². The molecular formula is C17H18N2O6S. The van der Waals surface area contributed by atoms with Crippen molar-refractivity contribution in [1.82, 2.24) is 4.72 Å². The number of carbonyl (C=O) groups excluding carboxylic acids is 2. The Morgan fingerprint density at radius 1 is 1.15 bits per heavy atom. The lowest BCUT2D eigenvalue weighted by Crippen LogP contribution is -2.22. The van der Waals surface area contributed by atoms with Crippen LogP contribution in [0.4, 0.5) is 5.69 Å². The molecule has 26 heavy (non-hydrogen) atoms. The van der Waals surface area contributed by atoms with E-state index in [9.17, 15) is 23.1 Å². The van der Waals surface area contributed by atoms with Crippen LogP contribution in [0, 0.1) is 6.92 Å². The fourth-order valence-corrected chi connectivity index (χ4v) is 3.12. The molecule has 2 aromatic rings. The maximum atomic E-state index is 11.9. The molecule has 9 heteroatoms. The lowest BCUT2D eigenvalue weighted by atomic mass is 10.2. The Kier molecular flexibility index (Phi) is 5.96. The number of phenols is 1. The predicted octanol–water partition coefficient (Wildman–Crippen LogP) is 1.40. The van der Waals surface area contributed by atoms with Gasteiger partial charge in [0.1, 0.15) is 11.3 Å². The summed E-state index contributed by atoms with van der Waals surface area (Å²) in [5, 5.41) is 12.0. The number of esters is 1. The van der Waals surface area contributed by atoms with Crippen LogP contribution in [0.5, 0.6) is 5.75 Å². The first kappa shape index (κ1) is 19.4. The second-order valence-electron chi connectivity index (χ2n) is 5.33. The predicted molar refractivity (Wildman–Crippen MR) is 94.4 cm³/mol. The molecule has 138 valence electrons.